The second-order valence-electron chi connectivity index (χ2n) is 4.15. The molecule has 13 heavy (non-hydrogen) atoms. The highest BCUT2D eigenvalue weighted by Crippen LogP contribution is 2.14. The van der Waals surface area contributed by atoms with Crippen molar-refractivity contribution in [1.82, 2.24) is 0 Å². The summed E-state index contributed by atoms with van der Waals surface area (Å²) in [6, 6.07) is 0. The molecule has 76 valence electrons. The molecule has 0 spiro atoms. The fourth-order valence-electron chi connectivity index (χ4n) is 1.92. The minimum atomic E-state index is 1.12. The van der Waals surface area contributed by atoms with Crippen LogP contribution in [0.2, 0.25) is 0 Å². The Morgan fingerprint density at radius 2 is 1.31 bits per heavy atom. The molecule has 0 aromatic rings. The molecule has 0 aromatic carbocycles. The van der Waals surface area contributed by atoms with Crippen LogP contribution in [0.25, 0.3) is 0 Å². The van der Waals surface area contributed by atoms with Gasteiger partial charge >= 0.3 is 0 Å². The smallest absolute Gasteiger partial charge is 0.00399 e. The van der Waals surface area contributed by atoms with Crippen LogP contribution < -0.4 is 5.73 Å². The van der Waals surface area contributed by atoms with Gasteiger partial charge in [-0.05, 0) is 25.7 Å². The standard InChI is InChI=1S/C12H23N/c13-12-10-8-6-4-2-1-3-5-7-9-11-12/h10H,1-9,11,13H2/b12-10+. The van der Waals surface area contributed by atoms with Crippen molar-refractivity contribution in [1.29, 1.82) is 0 Å². The Bertz CT molecular complexity index is 149. The Hall–Kier alpha value is -0.460. The van der Waals surface area contributed by atoms with Crippen molar-refractivity contribution < 1.29 is 0 Å². The minimum absolute atomic E-state index is 1.12. The van der Waals surface area contributed by atoms with Crippen LogP contribution in [0.3, 0.4) is 0 Å². The molecule has 0 bridgehead atoms. The van der Waals surface area contributed by atoms with Gasteiger partial charge in [0.05, 0.1) is 0 Å². The van der Waals surface area contributed by atoms with E-state index < -0.39 is 0 Å². The van der Waals surface area contributed by atoms with Crippen molar-refractivity contribution >= 4 is 0 Å². The molecule has 0 saturated heterocycles. The quantitative estimate of drug-likeness (QED) is 0.605. The lowest BCUT2D eigenvalue weighted by Crippen LogP contribution is -1.97. The summed E-state index contributed by atoms with van der Waals surface area (Å²) in [5.74, 6) is 0. The van der Waals surface area contributed by atoms with E-state index in [2.05, 4.69) is 6.08 Å². The van der Waals surface area contributed by atoms with E-state index in [1.54, 1.807) is 0 Å². The molecule has 0 radical (unpaired) electrons. The third-order valence-corrected chi connectivity index (χ3v) is 2.83. The summed E-state index contributed by atoms with van der Waals surface area (Å²) in [5.41, 5.74) is 7.00. The second kappa shape index (κ2) is 6.99. The van der Waals surface area contributed by atoms with Crippen LogP contribution in [0.4, 0.5) is 0 Å². The Balaban J connectivity index is 2.23. The Labute approximate surface area is 82.4 Å². The first-order chi connectivity index (χ1) is 6.39. The topological polar surface area (TPSA) is 26.0 Å². The minimum Gasteiger partial charge on any atom is -0.402 e. The van der Waals surface area contributed by atoms with Gasteiger partial charge in [0, 0.05) is 5.70 Å². The van der Waals surface area contributed by atoms with Crippen molar-refractivity contribution in [3.63, 3.8) is 0 Å². The average molecular weight is 181 g/mol. The first-order valence-corrected chi connectivity index (χ1v) is 5.84. The fraction of sp³-hybridized carbons (Fsp3) is 0.833. The van der Waals surface area contributed by atoms with Crippen molar-refractivity contribution in [2.24, 2.45) is 5.73 Å². The maximum absolute atomic E-state index is 5.88. The summed E-state index contributed by atoms with van der Waals surface area (Å²) in [7, 11) is 0. The van der Waals surface area contributed by atoms with E-state index in [0.717, 1.165) is 12.1 Å². The molecule has 0 amide bonds. The van der Waals surface area contributed by atoms with E-state index in [-0.39, 0.29) is 0 Å². The van der Waals surface area contributed by atoms with E-state index in [1.165, 1.54) is 57.8 Å². The zero-order chi connectivity index (χ0) is 9.36. The van der Waals surface area contributed by atoms with Gasteiger partial charge < -0.3 is 5.73 Å². The Kier molecular flexibility index (Phi) is 5.71. The molecule has 0 fully saturated rings. The van der Waals surface area contributed by atoms with Crippen LogP contribution in [0, 0.1) is 0 Å². The van der Waals surface area contributed by atoms with Gasteiger partial charge in [-0.3, -0.25) is 0 Å². The fourth-order valence-corrected chi connectivity index (χ4v) is 1.92. The molecule has 1 heteroatoms. The van der Waals surface area contributed by atoms with Gasteiger partial charge in [0.25, 0.3) is 0 Å². The molecule has 1 nitrogen and oxygen atoms in total. The summed E-state index contributed by atoms with van der Waals surface area (Å²) in [6.45, 7) is 0. The molecule has 0 aliphatic heterocycles. The summed E-state index contributed by atoms with van der Waals surface area (Å²) in [4.78, 5) is 0. The van der Waals surface area contributed by atoms with Gasteiger partial charge in [0.2, 0.25) is 0 Å². The van der Waals surface area contributed by atoms with Gasteiger partial charge in [0.15, 0.2) is 0 Å². The number of rotatable bonds is 0. The molecular weight excluding hydrogens is 158 g/mol. The van der Waals surface area contributed by atoms with E-state index in [0.29, 0.717) is 0 Å². The predicted octanol–water partition coefficient (Wildman–Crippen LogP) is 3.74. The maximum atomic E-state index is 5.88. The highest BCUT2D eigenvalue weighted by atomic mass is 14.6. The van der Waals surface area contributed by atoms with Gasteiger partial charge in [-0.1, -0.05) is 44.6 Å². The largest absolute Gasteiger partial charge is 0.402 e. The second-order valence-corrected chi connectivity index (χ2v) is 4.15. The molecule has 0 unspecified atom stereocenters. The number of nitrogens with two attached hydrogens (primary N) is 1. The Morgan fingerprint density at radius 3 is 2.00 bits per heavy atom. The van der Waals surface area contributed by atoms with E-state index in [9.17, 15) is 0 Å². The molecule has 2 N–H and O–H groups in total. The van der Waals surface area contributed by atoms with Gasteiger partial charge in [-0.25, -0.2) is 0 Å². The molecular formula is C12H23N. The maximum Gasteiger partial charge on any atom is 0.00399 e. The lowest BCUT2D eigenvalue weighted by Gasteiger charge is -2.05. The van der Waals surface area contributed by atoms with Crippen LogP contribution in [0.5, 0.6) is 0 Å². The van der Waals surface area contributed by atoms with Gasteiger partial charge in [-0.15, -0.1) is 0 Å². The summed E-state index contributed by atoms with van der Waals surface area (Å²) in [5, 5.41) is 0. The van der Waals surface area contributed by atoms with Crippen LogP contribution in [0.1, 0.15) is 64.2 Å². The molecule has 0 aromatic heterocycles. The van der Waals surface area contributed by atoms with Crippen molar-refractivity contribution in [3.05, 3.63) is 11.8 Å². The lowest BCUT2D eigenvalue weighted by atomic mass is 10.0. The molecule has 0 saturated carbocycles. The lowest BCUT2D eigenvalue weighted by molar-refractivity contribution is 0.562. The van der Waals surface area contributed by atoms with E-state index in [1.807, 2.05) is 0 Å². The normalized spacial score (nSPS) is 26.6. The first kappa shape index (κ1) is 10.6. The SMILES string of the molecule is N/C1=C/CCCCCCCCCC1. The summed E-state index contributed by atoms with van der Waals surface area (Å²) in [6.07, 6.45) is 15.7. The predicted molar refractivity (Wildman–Crippen MR) is 58.4 cm³/mol. The third kappa shape index (κ3) is 5.73. The van der Waals surface area contributed by atoms with Crippen molar-refractivity contribution in [2.75, 3.05) is 0 Å². The summed E-state index contributed by atoms with van der Waals surface area (Å²) < 4.78 is 0. The summed E-state index contributed by atoms with van der Waals surface area (Å²) >= 11 is 0. The van der Waals surface area contributed by atoms with Crippen molar-refractivity contribution in [3.8, 4) is 0 Å². The van der Waals surface area contributed by atoms with Crippen LogP contribution >= 0.6 is 0 Å². The molecule has 1 aliphatic rings. The first-order valence-electron chi connectivity index (χ1n) is 5.84. The zero-order valence-electron chi connectivity index (χ0n) is 8.73. The molecule has 1 rings (SSSR count). The highest BCUT2D eigenvalue weighted by molar-refractivity contribution is 4.95. The number of allylic oxidation sites excluding steroid dienone is 2. The third-order valence-electron chi connectivity index (χ3n) is 2.83. The van der Waals surface area contributed by atoms with Crippen molar-refractivity contribution in [2.45, 2.75) is 64.2 Å². The van der Waals surface area contributed by atoms with Gasteiger partial charge in [0.1, 0.15) is 0 Å². The van der Waals surface area contributed by atoms with Crippen LogP contribution in [-0.2, 0) is 0 Å². The molecule has 0 atom stereocenters. The average Bonchev–Trinajstić information content (AvgIpc) is 2.11. The van der Waals surface area contributed by atoms with Gasteiger partial charge in [-0.2, -0.15) is 0 Å². The number of hydrogen-bond donors (Lipinski definition) is 1. The van der Waals surface area contributed by atoms with E-state index >= 15 is 0 Å². The highest BCUT2D eigenvalue weighted by Gasteiger charge is 1.96. The molecule has 0 heterocycles. The van der Waals surface area contributed by atoms with E-state index in [4.69, 9.17) is 5.73 Å². The Morgan fingerprint density at radius 1 is 0.769 bits per heavy atom. The molecule has 1 aliphatic carbocycles. The zero-order valence-corrected chi connectivity index (χ0v) is 8.73. The van der Waals surface area contributed by atoms with Crippen LogP contribution in [-0.4, -0.2) is 0 Å². The number of hydrogen-bond acceptors (Lipinski definition) is 1. The monoisotopic (exact) mass is 181 g/mol. The van der Waals surface area contributed by atoms with Crippen LogP contribution in [0.15, 0.2) is 11.8 Å².